The van der Waals surface area contributed by atoms with Crippen LogP contribution in [0, 0.1) is 6.92 Å². The predicted molar refractivity (Wildman–Crippen MR) is 130 cm³/mol. The summed E-state index contributed by atoms with van der Waals surface area (Å²) < 4.78 is 0. The second kappa shape index (κ2) is 13.2. The number of carbonyl (C=O) groups is 5. The summed E-state index contributed by atoms with van der Waals surface area (Å²) in [5.41, 5.74) is 8.42. The van der Waals surface area contributed by atoms with Crippen LogP contribution >= 0.6 is 11.3 Å². The monoisotopic (exact) mass is 503 g/mol. The number of nitrogens with one attached hydrogen (secondary N) is 2. The average molecular weight is 504 g/mol. The minimum atomic E-state index is -1.26. The SMILES string of the molecule is Cc1csc(-c2ccc(CCC(=O)NC(CCC(=O)O)C(=O)NC(CCC(=O)O)C(N)=O)cc2)c1. The van der Waals surface area contributed by atoms with Crippen molar-refractivity contribution in [3.05, 3.63) is 46.8 Å². The number of carbonyl (C=O) groups excluding carboxylic acids is 3. The minimum absolute atomic E-state index is 0.0621. The van der Waals surface area contributed by atoms with Crippen molar-refractivity contribution in [3.63, 3.8) is 0 Å². The number of hydrogen-bond acceptors (Lipinski definition) is 6. The number of primary amides is 1. The molecule has 0 bridgehead atoms. The van der Waals surface area contributed by atoms with Gasteiger partial charge in [-0.2, -0.15) is 0 Å². The van der Waals surface area contributed by atoms with Gasteiger partial charge in [-0.3, -0.25) is 24.0 Å². The highest BCUT2D eigenvalue weighted by molar-refractivity contribution is 7.13. The number of aliphatic carboxylic acids is 2. The fourth-order valence-corrected chi connectivity index (χ4v) is 4.21. The zero-order valence-corrected chi connectivity index (χ0v) is 20.1. The third kappa shape index (κ3) is 9.57. The Morgan fingerprint density at radius 1 is 0.914 bits per heavy atom. The van der Waals surface area contributed by atoms with E-state index in [1.807, 2.05) is 31.2 Å². The fourth-order valence-electron chi connectivity index (χ4n) is 3.30. The van der Waals surface area contributed by atoms with Crippen LogP contribution in [0.2, 0.25) is 0 Å². The van der Waals surface area contributed by atoms with Crippen LogP contribution in [0.1, 0.15) is 43.2 Å². The molecule has 10 nitrogen and oxygen atoms in total. The molecule has 2 unspecified atom stereocenters. The summed E-state index contributed by atoms with van der Waals surface area (Å²) in [6, 6.07) is 7.42. The van der Waals surface area contributed by atoms with Gasteiger partial charge < -0.3 is 26.6 Å². The van der Waals surface area contributed by atoms with Crippen LogP contribution in [0.5, 0.6) is 0 Å². The Bertz CT molecular complexity index is 1070. The van der Waals surface area contributed by atoms with E-state index in [9.17, 15) is 24.0 Å². The molecule has 1 heterocycles. The van der Waals surface area contributed by atoms with Crippen LogP contribution in [0.25, 0.3) is 10.4 Å². The minimum Gasteiger partial charge on any atom is -0.481 e. The Balaban J connectivity index is 1.96. The molecule has 35 heavy (non-hydrogen) atoms. The Morgan fingerprint density at radius 3 is 2.03 bits per heavy atom. The van der Waals surface area contributed by atoms with E-state index in [2.05, 4.69) is 22.1 Å². The lowest BCUT2D eigenvalue weighted by molar-refractivity contribution is -0.139. The lowest BCUT2D eigenvalue weighted by atomic mass is 10.0. The fraction of sp³-hybridized carbons (Fsp3) is 0.375. The van der Waals surface area contributed by atoms with Gasteiger partial charge in [0.05, 0.1) is 0 Å². The van der Waals surface area contributed by atoms with Gasteiger partial charge in [0.1, 0.15) is 12.1 Å². The number of amides is 3. The van der Waals surface area contributed by atoms with E-state index >= 15 is 0 Å². The maximum Gasteiger partial charge on any atom is 0.303 e. The summed E-state index contributed by atoms with van der Waals surface area (Å²) >= 11 is 1.65. The van der Waals surface area contributed by atoms with Gasteiger partial charge >= 0.3 is 11.9 Å². The highest BCUT2D eigenvalue weighted by Crippen LogP contribution is 2.27. The summed E-state index contributed by atoms with van der Waals surface area (Å²) in [5, 5.41) is 24.7. The molecule has 2 aromatic rings. The van der Waals surface area contributed by atoms with E-state index in [-0.39, 0.29) is 19.3 Å². The second-order valence-electron chi connectivity index (χ2n) is 8.13. The van der Waals surface area contributed by atoms with Crippen LogP contribution in [-0.4, -0.2) is 52.0 Å². The van der Waals surface area contributed by atoms with Crippen LogP contribution in [-0.2, 0) is 30.4 Å². The van der Waals surface area contributed by atoms with Crippen molar-refractivity contribution < 1.29 is 34.2 Å². The van der Waals surface area contributed by atoms with Gasteiger partial charge in [0, 0.05) is 24.1 Å². The summed E-state index contributed by atoms with van der Waals surface area (Å²) in [4.78, 5) is 59.6. The van der Waals surface area contributed by atoms with Gasteiger partial charge in [-0.25, -0.2) is 0 Å². The molecular weight excluding hydrogens is 474 g/mol. The third-order valence-electron chi connectivity index (χ3n) is 5.22. The van der Waals surface area contributed by atoms with Crippen molar-refractivity contribution in [1.82, 2.24) is 10.6 Å². The van der Waals surface area contributed by atoms with Gasteiger partial charge in [0.25, 0.3) is 0 Å². The number of aryl methyl sites for hydroxylation is 2. The highest BCUT2D eigenvalue weighted by Gasteiger charge is 2.26. The first kappa shape index (κ1) is 27.5. The molecule has 188 valence electrons. The van der Waals surface area contributed by atoms with Gasteiger partial charge in [0.15, 0.2) is 0 Å². The summed E-state index contributed by atoms with van der Waals surface area (Å²) in [6.45, 7) is 2.03. The first-order valence-electron chi connectivity index (χ1n) is 11.0. The van der Waals surface area contributed by atoms with E-state index in [1.165, 1.54) is 5.56 Å². The number of carboxylic acid groups (broad SMARTS) is 2. The molecule has 0 fully saturated rings. The zero-order valence-electron chi connectivity index (χ0n) is 19.3. The molecule has 1 aromatic carbocycles. The number of rotatable bonds is 14. The molecule has 2 atom stereocenters. The average Bonchev–Trinajstić information content (AvgIpc) is 3.23. The Kier molecular flexibility index (Phi) is 10.4. The molecule has 0 saturated carbocycles. The molecule has 0 saturated heterocycles. The van der Waals surface area contributed by atoms with Crippen molar-refractivity contribution in [3.8, 4) is 10.4 Å². The third-order valence-corrected chi connectivity index (χ3v) is 6.31. The summed E-state index contributed by atoms with van der Waals surface area (Å²) in [6.07, 6.45) is -0.745. The van der Waals surface area contributed by atoms with Gasteiger partial charge in [-0.05, 0) is 54.3 Å². The standard InChI is InChI=1S/C24H29N3O7S/c1-14-12-19(35-13-14)16-5-2-15(3-6-16)4-9-20(28)26-18(8-11-22(31)32)24(34)27-17(23(25)33)7-10-21(29)30/h2-3,5-6,12-13,17-18H,4,7-11H2,1H3,(H2,25,33)(H,26,28)(H,27,34)(H,29,30)(H,31,32). The second-order valence-corrected chi connectivity index (χ2v) is 9.04. The van der Waals surface area contributed by atoms with Crippen molar-refractivity contribution in [2.45, 2.75) is 57.5 Å². The number of hydrogen-bond donors (Lipinski definition) is 5. The maximum absolute atomic E-state index is 12.6. The lowest BCUT2D eigenvalue weighted by Gasteiger charge is -2.21. The Hall–Kier alpha value is -3.73. The zero-order chi connectivity index (χ0) is 26.0. The van der Waals surface area contributed by atoms with Crippen molar-refractivity contribution in [2.75, 3.05) is 0 Å². The van der Waals surface area contributed by atoms with Crippen molar-refractivity contribution in [2.24, 2.45) is 5.73 Å². The van der Waals surface area contributed by atoms with Crippen LogP contribution in [0.4, 0.5) is 0 Å². The molecule has 6 N–H and O–H groups in total. The number of carboxylic acids is 2. The Labute approximate surface area is 206 Å². The van der Waals surface area contributed by atoms with Gasteiger partial charge in [-0.15, -0.1) is 11.3 Å². The smallest absolute Gasteiger partial charge is 0.303 e. The van der Waals surface area contributed by atoms with E-state index in [0.717, 1.165) is 16.0 Å². The molecule has 1 aromatic heterocycles. The van der Waals surface area contributed by atoms with E-state index in [4.69, 9.17) is 15.9 Å². The van der Waals surface area contributed by atoms with E-state index < -0.39 is 54.6 Å². The molecule has 0 aliphatic heterocycles. The molecule has 0 spiro atoms. The molecule has 0 aliphatic rings. The number of thiophene rings is 1. The maximum atomic E-state index is 12.6. The van der Waals surface area contributed by atoms with Crippen molar-refractivity contribution >= 4 is 41.0 Å². The first-order chi connectivity index (χ1) is 16.5. The van der Waals surface area contributed by atoms with Gasteiger partial charge in [-0.1, -0.05) is 24.3 Å². The largest absolute Gasteiger partial charge is 0.481 e. The van der Waals surface area contributed by atoms with Crippen LogP contribution < -0.4 is 16.4 Å². The topological polar surface area (TPSA) is 176 Å². The highest BCUT2D eigenvalue weighted by atomic mass is 32.1. The number of nitrogens with two attached hydrogens (primary N) is 1. The lowest BCUT2D eigenvalue weighted by Crippen LogP contribution is -2.53. The molecule has 11 heteroatoms. The summed E-state index contributed by atoms with van der Waals surface area (Å²) in [7, 11) is 0. The molecule has 0 radical (unpaired) electrons. The Morgan fingerprint density at radius 2 is 1.51 bits per heavy atom. The molecule has 3 amide bonds. The normalized spacial score (nSPS) is 12.4. The predicted octanol–water partition coefficient (Wildman–Crippen LogP) is 1.84. The first-order valence-corrected chi connectivity index (χ1v) is 11.9. The van der Waals surface area contributed by atoms with Crippen molar-refractivity contribution in [1.29, 1.82) is 0 Å². The quantitative estimate of drug-likeness (QED) is 0.261. The molecule has 2 rings (SSSR count). The number of benzene rings is 1. The van der Waals surface area contributed by atoms with E-state index in [1.54, 1.807) is 11.3 Å². The molecular formula is C24H29N3O7S. The van der Waals surface area contributed by atoms with E-state index in [0.29, 0.717) is 6.42 Å². The van der Waals surface area contributed by atoms with Crippen LogP contribution in [0.3, 0.4) is 0 Å². The summed E-state index contributed by atoms with van der Waals surface area (Å²) in [5.74, 6) is -4.52. The van der Waals surface area contributed by atoms with Gasteiger partial charge in [0.2, 0.25) is 17.7 Å². The molecule has 0 aliphatic carbocycles. The van der Waals surface area contributed by atoms with Crippen LogP contribution in [0.15, 0.2) is 35.7 Å².